The first-order chi connectivity index (χ1) is 16.3. The van der Waals surface area contributed by atoms with E-state index in [1.165, 1.54) is 68.8 Å². The molecule has 1 aliphatic heterocycles. The Kier molecular flexibility index (Phi) is 6.17. The molecule has 4 rings (SSSR count). The number of phenols is 1. The quantitative estimate of drug-likeness (QED) is 0.306. The van der Waals surface area contributed by atoms with E-state index in [4.69, 9.17) is 21.1 Å². The molecule has 1 heterocycles. The molecule has 1 saturated heterocycles. The van der Waals surface area contributed by atoms with Crippen LogP contribution in [0.2, 0.25) is 5.02 Å². The number of aromatic hydroxyl groups is 1. The second-order valence-corrected chi connectivity index (χ2v) is 7.83. The second-order valence-electron chi connectivity index (χ2n) is 7.43. The Morgan fingerprint density at radius 3 is 2.29 bits per heavy atom. The van der Waals surface area contributed by atoms with Crippen LogP contribution in [0, 0.1) is 5.82 Å². The number of aliphatic hydroxyl groups is 1. The predicted molar refractivity (Wildman–Crippen MR) is 124 cm³/mol. The van der Waals surface area contributed by atoms with E-state index < -0.39 is 29.3 Å². The van der Waals surface area contributed by atoms with Crippen molar-refractivity contribution in [3.05, 3.63) is 88.2 Å². The van der Waals surface area contributed by atoms with Crippen LogP contribution in [0.1, 0.15) is 17.2 Å². The third-order valence-corrected chi connectivity index (χ3v) is 5.76. The van der Waals surface area contributed by atoms with Gasteiger partial charge >= 0.3 is 0 Å². The number of ether oxygens (including phenoxy) is 2. The molecule has 34 heavy (non-hydrogen) atoms. The second kappa shape index (κ2) is 9.07. The Labute approximate surface area is 199 Å². The van der Waals surface area contributed by atoms with Crippen LogP contribution in [0.5, 0.6) is 17.2 Å². The molecular weight excluding hydrogens is 465 g/mol. The number of aliphatic hydroxyl groups excluding tert-OH is 1. The van der Waals surface area contributed by atoms with E-state index in [2.05, 4.69) is 0 Å². The number of ketones is 1. The van der Waals surface area contributed by atoms with Gasteiger partial charge in [0.25, 0.3) is 11.7 Å². The molecule has 3 aromatic rings. The minimum atomic E-state index is -1.12. The average molecular weight is 484 g/mol. The lowest BCUT2D eigenvalue weighted by Gasteiger charge is -2.25. The van der Waals surface area contributed by atoms with Crippen molar-refractivity contribution in [2.45, 2.75) is 6.04 Å². The maximum absolute atomic E-state index is 14.0. The third kappa shape index (κ3) is 3.92. The van der Waals surface area contributed by atoms with E-state index in [1.54, 1.807) is 0 Å². The normalized spacial score (nSPS) is 17.2. The van der Waals surface area contributed by atoms with Crippen LogP contribution < -0.4 is 14.4 Å². The lowest BCUT2D eigenvalue weighted by Crippen LogP contribution is -2.29. The van der Waals surface area contributed by atoms with Gasteiger partial charge in [0, 0.05) is 11.8 Å². The van der Waals surface area contributed by atoms with Crippen LogP contribution in [0.15, 0.2) is 66.2 Å². The highest BCUT2D eigenvalue weighted by molar-refractivity contribution is 6.51. The number of carbonyl (C=O) groups excluding carboxylic acids is 2. The van der Waals surface area contributed by atoms with E-state index in [0.29, 0.717) is 5.56 Å². The van der Waals surface area contributed by atoms with Crippen LogP contribution >= 0.6 is 11.6 Å². The number of rotatable bonds is 5. The fourth-order valence-corrected chi connectivity index (χ4v) is 4.12. The molecule has 1 amide bonds. The van der Waals surface area contributed by atoms with Gasteiger partial charge in [0.2, 0.25) is 0 Å². The van der Waals surface area contributed by atoms with Crippen LogP contribution in [0.3, 0.4) is 0 Å². The molecule has 7 nitrogen and oxygen atoms in total. The van der Waals surface area contributed by atoms with Gasteiger partial charge in [-0.25, -0.2) is 4.39 Å². The molecule has 1 unspecified atom stereocenters. The smallest absolute Gasteiger partial charge is 0.300 e. The van der Waals surface area contributed by atoms with Crippen molar-refractivity contribution in [3.63, 3.8) is 0 Å². The van der Waals surface area contributed by atoms with E-state index in [9.17, 15) is 24.2 Å². The SMILES string of the molecule is COc1cc(/C(O)=C2\C(=O)C(=O)N(c3cccc(F)c3)C2c2ccc(O)cc2)c(OC)cc1Cl. The lowest BCUT2D eigenvalue weighted by molar-refractivity contribution is -0.132. The van der Waals surface area contributed by atoms with Gasteiger partial charge < -0.3 is 19.7 Å². The summed E-state index contributed by atoms with van der Waals surface area (Å²) in [5.41, 5.74) is 0.356. The summed E-state index contributed by atoms with van der Waals surface area (Å²) in [4.78, 5) is 27.4. The van der Waals surface area contributed by atoms with E-state index in [-0.39, 0.29) is 39.1 Å². The van der Waals surface area contributed by atoms with Crippen molar-refractivity contribution >= 4 is 34.7 Å². The van der Waals surface area contributed by atoms with E-state index in [1.807, 2.05) is 0 Å². The number of hydrogen-bond acceptors (Lipinski definition) is 6. The number of phenolic OH excluding ortho intramolecular Hbond substituents is 1. The van der Waals surface area contributed by atoms with Gasteiger partial charge in [0.1, 0.15) is 28.8 Å². The van der Waals surface area contributed by atoms with Crippen molar-refractivity contribution < 1.29 is 33.7 Å². The molecule has 1 atom stereocenters. The fourth-order valence-electron chi connectivity index (χ4n) is 3.89. The summed E-state index contributed by atoms with van der Waals surface area (Å²) < 4.78 is 24.6. The molecule has 1 aliphatic rings. The minimum Gasteiger partial charge on any atom is -0.508 e. The van der Waals surface area contributed by atoms with Gasteiger partial charge in [-0.2, -0.15) is 0 Å². The highest BCUT2D eigenvalue weighted by Gasteiger charge is 2.47. The Morgan fingerprint density at radius 1 is 1.00 bits per heavy atom. The Hall–Kier alpha value is -4.04. The largest absolute Gasteiger partial charge is 0.508 e. The first-order valence-corrected chi connectivity index (χ1v) is 10.4. The van der Waals surface area contributed by atoms with Gasteiger partial charge in [-0.15, -0.1) is 0 Å². The van der Waals surface area contributed by atoms with Crippen LogP contribution in [0.25, 0.3) is 5.76 Å². The highest BCUT2D eigenvalue weighted by Crippen LogP contribution is 2.45. The first kappa shape index (κ1) is 23.1. The zero-order chi connectivity index (χ0) is 24.6. The topological polar surface area (TPSA) is 96.3 Å². The number of halogens is 2. The third-order valence-electron chi connectivity index (χ3n) is 5.47. The zero-order valence-corrected chi connectivity index (χ0v) is 18.8. The number of anilines is 1. The number of methoxy groups -OCH3 is 2. The van der Waals surface area contributed by atoms with E-state index in [0.717, 1.165) is 11.0 Å². The molecule has 0 aromatic heterocycles. The summed E-state index contributed by atoms with van der Waals surface area (Å²) in [5, 5.41) is 21.3. The van der Waals surface area contributed by atoms with Crippen molar-refractivity contribution in [3.8, 4) is 17.2 Å². The Bertz CT molecular complexity index is 1320. The van der Waals surface area contributed by atoms with E-state index >= 15 is 0 Å². The summed E-state index contributed by atoms with van der Waals surface area (Å²) >= 11 is 6.16. The predicted octanol–water partition coefficient (Wildman–Crippen LogP) is 4.83. The summed E-state index contributed by atoms with van der Waals surface area (Å²) in [6.07, 6.45) is 0. The summed E-state index contributed by atoms with van der Waals surface area (Å²) in [6, 6.07) is 12.7. The van der Waals surface area contributed by atoms with Crippen molar-refractivity contribution in [1.29, 1.82) is 0 Å². The number of carbonyl (C=O) groups is 2. The van der Waals surface area contributed by atoms with Crippen molar-refractivity contribution in [2.75, 3.05) is 19.1 Å². The number of benzene rings is 3. The molecule has 0 bridgehead atoms. The van der Waals surface area contributed by atoms with Gasteiger partial charge in [-0.1, -0.05) is 29.8 Å². The molecule has 3 aromatic carbocycles. The van der Waals surface area contributed by atoms with Gasteiger partial charge in [0.15, 0.2) is 0 Å². The summed E-state index contributed by atoms with van der Waals surface area (Å²) in [5.74, 6) is -2.74. The molecule has 2 N–H and O–H groups in total. The van der Waals surface area contributed by atoms with Crippen molar-refractivity contribution in [2.24, 2.45) is 0 Å². The molecule has 0 spiro atoms. The summed E-state index contributed by atoms with van der Waals surface area (Å²) in [7, 11) is 2.74. The van der Waals surface area contributed by atoms with Crippen LogP contribution in [-0.4, -0.2) is 36.1 Å². The van der Waals surface area contributed by atoms with Gasteiger partial charge in [0.05, 0.1) is 36.4 Å². The summed E-state index contributed by atoms with van der Waals surface area (Å²) in [6.45, 7) is 0. The molecule has 0 aliphatic carbocycles. The average Bonchev–Trinajstić information content (AvgIpc) is 3.09. The monoisotopic (exact) mass is 483 g/mol. The molecule has 174 valence electrons. The van der Waals surface area contributed by atoms with Crippen molar-refractivity contribution in [1.82, 2.24) is 0 Å². The number of amides is 1. The Morgan fingerprint density at radius 2 is 1.68 bits per heavy atom. The molecule has 9 heteroatoms. The number of nitrogens with zero attached hydrogens (tertiary/aromatic N) is 1. The maximum atomic E-state index is 14.0. The zero-order valence-electron chi connectivity index (χ0n) is 18.1. The molecule has 0 saturated carbocycles. The highest BCUT2D eigenvalue weighted by atomic mass is 35.5. The molecule has 1 fully saturated rings. The van der Waals surface area contributed by atoms with Gasteiger partial charge in [-0.05, 0) is 42.0 Å². The van der Waals surface area contributed by atoms with Gasteiger partial charge in [-0.3, -0.25) is 14.5 Å². The number of hydrogen-bond donors (Lipinski definition) is 2. The molecular formula is C25H19ClFNO6. The maximum Gasteiger partial charge on any atom is 0.300 e. The lowest BCUT2D eigenvalue weighted by atomic mass is 9.94. The minimum absolute atomic E-state index is 0.0319. The molecule has 0 radical (unpaired) electrons. The first-order valence-electron chi connectivity index (χ1n) is 10.0. The number of Topliss-reactive ketones (excluding diaryl/α,β-unsaturated/α-hetero) is 1. The fraction of sp³-hybridized carbons (Fsp3) is 0.120. The standard InChI is InChI=1S/C25H19ClFNO6/c1-33-19-12-18(26)20(34-2)11-17(19)23(30)21-22(13-6-8-16(29)9-7-13)28(25(32)24(21)31)15-5-3-4-14(27)10-15/h3-12,22,29-30H,1-2H3/b23-21+. The Balaban J connectivity index is 2.00. The van der Waals surface area contributed by atoms with Crippen LogP contribution in [-0.2, 0) is 9.59 Å². The van der Waals surface area contributed by atoms with Crippen LogP contribution in [0.4, 0.5) is 10.1 Å².